The van der Waals surface area contributed by atoms with Crippen LogP contribution in [0.25, 0.3) is 0 Å². The third kappa shape index (κ3) is 8.53. The average Bonchev–Trinajstić information content (AvgIpc) is 2.98. The topological polar surface area (TPSA) is 48.9 Å². The molecule has 0 unspecified atom stereocenters. The van der Waals surface area contributed by atoms with Gasteiger partial charge in [0.2, 0.25) is 5.91 Å². The Morgan fingerprint density at radius 2 is 1.59 bits per heavy atom. The number of rotatable bonds is 9. The fourth-order valence-corrected chi connectivity index (χ4v) is 5.59. The van der Waals surface area contributed by atoms with Gasteiger partial charge in [0.1, 0.15) is 5.75 Å². The zero-order valence-electron chi connectivity index (χ0n) is 23.2. The van der Waals surface area contributed by atoms with Crippen LogP contribution >= 0.6 is 0 Å². The van der Waals surface area contributed by atoms with E-state index in [-0.39, 0.29) is 18.2 Å². The largest absolute Gasteiger partial charge is 0.493 e. The minimum atomic E-state index is -4.42. The third-order valence-corrected chi connectivity index (χ3v) is 7.89. The van der Waals surface area contributed by atoms with Crippen molar-refractivity contribution in [3.63, 3.8) is 0 Å². The monoisotopic (exact) mass is 566 g/mol. The summed E-state index contributed by atoms with van der Waals surface area (Å²) >= 11 is 0. The van der Waals surface area contributed by atoms with Crippen molar-refractivity contribution in [2.45, 2.75) is 38.5 Å². The number of hydrogen-bond donors (Lipinski definition) is 0. The number of likely N-dealkylation sites (tertiary alicyclic amines) is 1. The van der Waals surface area contributed by atoms with E-state index in [1.807, 2.05) is 24.4 Å². The lowest BCUT2D eigenvalue weighted by Gasteiger charge is -2.34. The molecule has 0 aliphatic carbocycles. The van der Waals surface area contributed by atoms with Crippen LogP contribution in [0.3, 0.4) is 0 Å². The number of hydrogen-bond acceptors (Lipinski definition) is 5. The van der Waals surface area contributed by atoms with Crippen molar-refractivity contribution in [2.75, 3.05) is 45.9 Å². The molecular weight excluding hydrogens is 529 g/mol. The molecule has 218 valence electrons. The first-order valence-electron chi connectivity index (χ1n) is 14.3. The fraction of sp³-hybridized carbons (Fsp3) is 0.438. The van der Waals surface area contributed by atoms with Crippen LogP contribution in [0.2, 0.25) is 0 Å². The van der Waals surface area contributed by atoms with Crippen LogP contribution in [-0.2, 0) is 30.5 Å². The van der Waals surface area contributed by atoms with Gasteiger partial charge < -0.3 is 9.64 Å². The minimum absolute atomic E-state index is 0.0293. The van der Waals surface area contributed by atoms with Crippen molar-refractivity contribution in [2.24, 2.45) is 5.92 Å². The molecule has 2 fully saturated rings. The average molecular weight is 567 g/mol. The summed E-state index contributed by atoms with van der Waals surface area (Å²) in [5, 5.41) is 0. The molecule has 1 atom stereocenters. The zero-order valence-corrected chi connectivity index (χ0v) is 23.2. The van der Waals surface area contributed by atoms with Gasteiger partial charge in [-0.15, -0.1) is 0 Å². The van der Waals surface area contributed by atoms with Crippen molar-refractivity contribution in [3.8, 4) is 5.75 Å². The normalized spacial score (nSPS) is 18.8. The molecule has 2 saturated heterocycles. The van der Waals surface area contributed by atoms with Crippen LogP contribution in [0.5, 0.6) is 5.75 Å². The molecule has 9 heteroatoms. The van der Waals surface area contributed by atoms with Crippen LogP contribution in [0.4, 0.5) is 13.2 Å². The Hall–Kier alpha value is -3.43. The van der Waals surface area contributed by atoms with E-state index in [1.165, 1.54) is 17.2 Å². The van der Waals surface area contributed by atoms with Crippen molar-refractivity contribution in [1.82, 2.24) is 19.7 Å². The number of aromatic nitrogens is 1. The summed E-state index contributed by atoms with van der Waals surface area (Å²) in [7, 11) is 0. The van der Waals surface area contributed by atoms with E-state index in [2.05, 4.69) is 33.0 Å². The first kappa shape index (κ1) is 29.1. The Morgan fingerprint density at radius 3 is 2.27 bits per heavy atom. The number of piperazine rings is 1. The van der Waals surface area contributed by atoms with E-state index in [0.717, 1.165) is 70.0 Å². The number of carbonyl (C=O) groups excluding carboxylic acids is 1. The van der Waals surface area contributed by atoms with Gasteiger partial charge in [0, 0.05) is 70.7 Å². The summed E-state index contributed by atoms with van der Waals surface area (Å²) in [4.78, 5) is 23.8. The molecule has 41 heavy (non-hydrogen) atoms. The highest BCUT2D eigenvalue weighted by Crippen LogP contribution is 2.30. The maximum atomic E-state index is 13.0. The number of carbonyl (C=O) groups is 1. The molecule has 6 nitrogen and oxygen atoms in total. The van der Waals surface area contributed by atoms with Gasteiger partial charge in [-0.25, -0.2) is 0 Å². The second kappa shape index (κ2) is 13.5. The second-order valence-corrected chi connectivity index (χ2v) is 11.1. The number of halogens is 3. The zero-order chi connectivity index (χ0) is 28.7. The standard InChI is InChI=1S/C32H37F3N4O2/c33-32(34,35)29-7-1-4-26(18-29)19-31(40)39-13-3-6-28(23-39)24-41-30-10-8-25(9-11-30)21-37-14-16-38(17-15-37)22-27-5-2-12-36-20-27/h1-2,4-5,7-12,18,20,28H,3,6,13-17,19,21-24H2/t28-/m1/s1. The van der Waals surface area contributed by atoms with Gasteiger partial charge in [-0.1, -0.05) is 36.4 Å². The van der Waals surface area contributed by atoms with E-state index < -0.39 is 11.7 Å². The van der Waals surface area contributed by atoms with E-state index in [9.17, 15) is 18.0 Å². The molecule has 0 saturated carbocycles. The highest BCUT2D eigenvalue weighted by Gasteiger charge is 2.31. The summed E-state index contributed by atoms with van der Waals surface area (Å²) < 4.78 is 45.1. The molecule has 2 aliphatic heterocycles. The van der Waals surface area contributed by atoms with Gasteiger partial charge in [0.15, 0.2) is 0 Å². The van der Waals surface area contributed by atoms with Crippen LogP contribution in [0.1, 0.15) is 35.1 Å². The van der Waals surface area contributed by atoms with Crippen LogP contribution in [0, 0.1) is 5.92 Å². The highest BCUT2D eigenvalue weighted by molar-refractivity contribution is 5.79. The number of nitrogens with zero attached hydrogens (tertiary/aromatic N) is 4. The predicted octanol–water partition coefficient (Wildman–Crippen LogP) is 5.28. The SMILES string of the molecule is O=C(Cc1cccc(C(F)(F)F)c1)N1CCC[C@@H](COc2ccc(CN3CCN(Cc4cccnc4)CC3)cc2)C1. The first-order valence-corrected chi connectivity index (χ1v) is 14.3. The van der Waals surface area contributed by atoms with Crippen LogP contribution in [0.15, 0.2) is 73.1 Å². The quantitative estimate of drug-likeness (QED) is 0.353. The van der Waals surface area contributed by atoms with E-state index in [1.54, 1.807) is 17.2 Å². The fourth-order valence-electron chi connectivity index (χ4n) is 5.59. The van der Waals surface area contributed by atoms with Gasteiger partial charge in [0.05, 0.1) is 18.6 Å². The molecule has 1 aromatic heterocycles. The molecule has 0 spiro atoms. The number of alkyl halides is 3. The minimum Gasteiger partial charge on any atom is -0.493 e. The van der Waals surface area contributed by atoms with Crippen molar-refractivity contribution in [1.29, 1.82) is 0 Å². The van der Waals surface area contributed by atoms with Crippen molar-refractivity contribution < 1.29 is 22.7 Å². The molecule has 2 aromatic carbocycles. The van der Waals surface area contributed by atoms with Gasteiger partial charge in [-0.05, 0) is 53.8 Å². The Bertz CT molecular complexity index is 1260. The van der Waals surface area contributed by atoms with Gasteiger partial charge in [-0.2, -0.15) is 13.2 Å². The van der Waals surface area contributed by atoms with E-state index >= 15 is 0 Å². The number of benzene rings is 2. The predicted molar refractivity (Wildman–Crippen MR) is 151 cm³/mol. The second-order valence-electron chi connectivity index (χ2n) is 11.1. The molecule has 3 aromatic rings. The summed E-state index contributed by atoms with van der Waals surface area (Å²) in [6.45, 7) is 7.68. The summed E-state index contributed by atoms with van der Waals surface area (Å²) in [5.74, 6) is 0.857. The van der Waals surface area contributed by atoms with Crippen LogP contribution < -0.4 is 4.74 Å². The molecule has 1 amide bonds. The number of ether oxygens (including phenoxy) is 1. The molecule has 0 bridgehead atoms. The number of amides is 1. The number of piperidine rings is 1. The van der Waals surface area contributed by atoms with Crippen molar-refractivity contribution in [3.05, 3.63) is 95.3 Å². The number of pyridine rings is 1. The maximum Gasteiger partial charge on any atom is 0.416 e. The van der Waals surface area contributed by atoms with Gasteiger partial charge in [0.25, 0.3) is 0 Å². The Labute approximate surface area is 239 Å². The lowest BCUT2D eigenvalue weighted by atomic mass is 9.98. The van der Waals surface area contributed by atoms with Crippen LogP contribution in [-0.4, -0.2) is 71.5 Å². The first-order chi connectivity index (χ1) is 19.8. The molecule has 2 aliphatic rings. The van der Waals surface area contributed by atoms with Crippen molar-refractivity contribution >= 4 is 5.91 Å². The molecular formula is C32H37F3N4O2. The Kier molecular flexibility index (Phi) is 9.57. The molecule has 5 rings (SSSR count). The van der Waals surface area contributed by atoms with Gasteiger partial charge in [-0.3, -0.25) is 19.6 Å². The van der Waals surface area contributed by atoms with E-state index in [4.69, 9.17) is 4.74 Å². The maximum absolute atomic E-state index is 13.0. The summed E-state index contributed by atoms with van der Waals surface area (Å²) in [6, 6.07) is 17.4. The molecule has 0 N–H and O–H groups in total. The molecule has 3 heterocycles. The highest BCUT2D eigenvalue weighted by atomic mass is 19.4. The lowest BCUT2D eigenvalue weighted by molar-refractivity contribution is -0.138. The Balaban J connectivity index is 1.04. The molecule has 0 radical (unpaired) electrons. The third-order valence-electron chi connectivity index (χ3n) is 7.89. The lowest BCUT2D eigenvalue weighted by Crippen LogP contribution is -2.45. The Morgan fingerprint density at radius 1 is 0.878 bits per heavy atom. The van der Waals surface area contributed by atoms with Gasteiger partial charge >= 0.3 is 6.18 Å². The van der Waals surface area contributed by atoms with E-state index in [0.29, 0.717) is 25.3 Å². The summed E-state index contributed by atoms with van der Waals surface area (Å²) in [5.41, 5.74) is 2.16. The summed E-state index contributed by atoms with van der Waals surface area (Å²) in [6.07, 6.45) is 1.11. The smallest absolute Gasteiger partial charge is 0.416 e.